The molecule has 0 bridgehead atoms. The van der Waals surface area contributed by atoms with Gasteiger partial charge in [0.15, 0.2) is 0 Å². The number of esters is 2. The van der Waals surface area contributed by atoms with E-state index in [1.165, 1.54) is 19.4 Å². The van der Waals surface area contributed by atoms with Gasteiger partial charge in [0.25, 0.3) is 0 Å². The molecule has 0 radical (unpaired) electrons. The summed E-state index contributed by atoms with van der Waals surface area (Å²) in [6, 6.07) is 0. The van der Waals surface area contributed by atoms with Crippen molar-refractivity contribution in [3.8, 4) is 0 Å². The lowest BCUT2D eigenvalue weighted by atomic mass is 9.47. The van der Waals surface area contributed by atoms with E-state index in [1.807, 2.05) is 6.92 Å². The van der Waals surface area contributed by atoms with Gasteiger partial charge in [-0.1, -0.05) is 39.3 Å². The monoisotopic (exact) mass is 557 g/mol. The van der Waals surface area contributed by atoms with E-state index in [0.717, 1.165) is 44.9 Å². The number of hydrogen-bond acceptors (Lipinski definition) is 6. The van der Waals surface area contributed by atoms with Crippen LogP contribution in [0.3, 0.4) is 0 Å². The molecule has 3 saturated carbocycles. The number of hydrogen-bond donors (Lipinski definition) is 1. The number of rotatable bonds is 9. The molecule has 0 aromatic carbocycles. The van der Waals surface area contributed by atoms with Crippen LogP contribution in [-0.4, -0.2) is 41.9 Å². The molecule has 9 unspecified atom stereocenters. The number of carbonyl (C=O) groups is 4. The summed E-state index contributed by atoms with van der Waals surface area (Å²) in [6.07, 6.45) is 10.4. The van der Waals surface area contributed by atoms with Crippen LogP contribution in [0.2, 0.25) is 0 Å². The van der Waals surface area contributed by atoms with Crippen LogP contribution in [-0.2, 0) is 28.7 Å². The fourth-order valence-electron chi connectivity index (χ4n) is 9.56. The Kier molecular flexibility index (Phi) is 8.92. The van der Waals surface area contributed by atoms with Gasteiger partial charge in [-0.2, -0.15) is 0 Å². The first-order valence-corrected chi connectivity index (χ1v) is 15.6. The van der Waals surface area contributed by atoms with Gasteiger partial charge in [-0.15, -0.1) is 0 Å². The number of nitrogens with one attached hydrogen (secondary N) is 1. The number of allylic oxidation sites excluding steroid dienone is 1. The molecule has 0 aliphatic heterocycles. The smallest absolute Gasteiger partial charge is 0.306 e. The van der Waals surface area contributed by atoms with Crippen molar-refractivity contribution in [2.75, 3.05) is 6.54 Å². The van der Waals surface area contributed by atoms with Crippen molar-refractivity contribution >= 4 is 23.6 Å². The summed E-state index contributed by atoms with van der Waals surface area (Å²) in [6.45, 7) is 14.0. The van der Waals surface area contributed by atoms with E-state index >= 15 is 0 Å². The highest BCUT2D eigenvalue weighted by atomic mass is 16.6. The molecule has 40 heavy (non-hydrogen) atoms. The van der Waals surface area contributed by atoms with Crippen molar-refractivity contribution in [1.82, 2.24) is 5.32 Å². The molecule has 4 aliphatic carbocycles. The second kappa shape index (κ2) is 11.6. The van der Waals surface area contributed by atoms with Crippen molar-refractivity contribution < 1.29 is 28.7 Å². The van der Waals surface area contributed by atoms with E-state index < -0.39 is 5.60 Å². The fraction of sp³-hybridized carbons (Fsp3) is 0.818. The van der Waals surface area contributed by atoms with Gasteiger partial charge in [0.05, 0.1) is 5.92 Å². The zero-order valence-electron chi connectivity index (χ0n) is 25.8. The van der Waals surface area contributed by atoms with Crippen molar-refractivity contribution in [2.45, 2.75) is 124 Å². The lowest BCUT2D eigenvalue weighted by molar-refractivity contribution is -0.169. The van der Waals surface area contributed by atoms with Crippen molar-refractivity contribution in [3.63, 3.8) is 0 Å². The summed E-state index contributed by atoms with van der Waals surface area (Å²) in [5.41, 5.74) is 0.567. The summed E-state index contributed by atoms with van der Waals surface area (Å²) in [5.74, 6) is 0.785. The van der Waals surface area contributed by atoms with Gasteiger partial charge in [0, 0.05) is 33.2 Å². The highest BCUT2D eigenvalue weighted by Crippen LogP contribution is 2.69. The molecule has 0 spiro atoms. The number of carbonyl (C=O) groups excluding carboxylic acids is 4. The van der Waals surface area contributed by atoms with Gasteiger partial charge in [-0.3, -0.25) is 19.2 Å². The predicted octanol–water partition coefficient (Wildman–Crippen LogP) is 5.94. The van der Waals surface area contributed by atoms with Crippen LogP contribution in [0.5, 0.6) is 0 Å². The molecule has 1 amide bonds. The molecule has 0 aromatic heterocycles. The quantitative estimate of drug-likeness (QED) is 0.278. The Balaban J connectivity index is 1.54. The van der Waals surface area contributed by atoms with E-state index in [1.54, 1.807) is 6.92 Å². The third-order valence-electron chi connectivity index (χ3n) is 11.4. The minimum Gasteiger partial charge on any atom is -0.462 e. The lowest BCUT2D eigenvalue weighted by Gasteiger charge is -2.57. The summed E-state index contributed by atoms with van der Waals surface area (Å²) < 4.78 is 12.0. The predicted molar refractivity (Wildman–Crippen MR) is 153 cm³/mol. The topological polar surface area (TPSA) is 98.8 Å². The molecule has 1 N–H and O–H groups in total. The van der Waals surface area contributed by atoms with Crippen molar-refractivity contribution in [1.29, 1.82) is 0 Å². The van der Waals surface area contributed by atoms with Gasteiger partial charge in [0.2, 0.25) is 5.91 Å². The number of ketones is 1. The Morgan fingerprint density at radius 3 is 2.42 bits per heavy atom. The molecule has 7 nitrogen and oxygen atoms in total. The fourth-order valence-corrected chi connectivity index (χ4v) is 9.56. The molecule has 3 fully saturated rings. The van der Waals surface area contributed by atoms with Crippen molar-refractivity contribution in [3.05, 3.63) is 11.6 Å². The summed E-state index contributed by atoms with van der Waals surface area (Å²) in [5, 5.41) is 2.82. The molecule has 224 valence electrons. The summed E-state index contributed by atoms with van der Waals surface area (Å²) in [4.78, 5) is 49.5. The maximum Gasteiger partial charge on any atom is 0.306 e. The van der Waals surface area contributed by atoms with E-state index in [4.69, 9.17) is 9.47 Å². The van der Waals surface area contributed by atoms with Crippen LogP contribution in [0.4, 0.5) is 0 Å². The number of Topliss-reactive ketones (excluding diaryl/α,β-unsaturated/α-hetero) is 1. The standard InChI is InChI=1S/C33H51NO6/c1-8-33(40-29(38)12-9-20(2)19-34-22(4)36)18-28-26-11-10-24-17-25(39-23(5)37)13-15-31(24,6)27(26)14-16-32(28,7)30(33)21(3)35/h10,20,25-28,30H,8-9,11-19H2,1-7H3,(H,34,36). The highest BCUT2D eigenvalue weighted by molar-refractivity contribution is 5.82. The number of amides is 1. The Hall–Kier alpha value is -2.18. The molecular formula is C33H51NO6. The van der Waals surface area contributed by atoms with Crippen LogP contribution in [0, 0.1) is 40.4 Å². The van der Waals surface area contributed by atoms with E-state index in [9.17, 15) is 19.2 Å². The largest absolute Gasteiger partial charge is 0.462 e. The van der Waals surface area contributed by atoms with Crippen LogP contribution in [0.1, 0.15) is 113 Å². The maximum absolute atomic E-state index is 13.4. The van der Waals surface area contributed by atoms with E-state index in [0.29, 0.717) is 37.1 Å². The second-order valence-corrected chi connectivity index (χ2v) is 14.0. The summed E-state index contributed by atoms with van der Waals surface area (Å²) >= 11 is 0. The maximum atomic E-state index is 13.4. The lowest BCUT2D eigenvalue weighted by Crippen LogP contribution is -2.52. The minimum absolute atomic E-state index is 0.0241. The zero-order chi connectivity index (χ0) is 29.5. The molecule has 4 rings (SSSR count). The minimum atomic E-state index is -0.768. The van der Waals surface area contributed by atoms with Gasteiger partial charge in [-0.25, -0.2) is 0 Å². The van der Waals surface area contributed by atoms with Crippen LogP contribution in [0.25, 0.3) is 0 Å². The Bertz CT molecular complexity index is 1050. The normalized spacial score (nSPS) is 39.1. The molecule has 4 aliphatic rings. The van der Waals surface area contributed by atoms with E-state index in [-0.39, 0.29) is 58.8 Å². The first kappa shape index (κ1) is 30.8. The van der Waals surface area contributed by atoms with Crippen LogP contribution < -0.4 is 5.32 Å². The second-order valence-electron chi connectivity index (χ2n) is 14.0. The Morgan fingerprint density at radius 2 is 1.80 bits per heavy atom. The third kappa shape index (κ3) is 5.63. The van der Waals surface area contributed by atoms with Gasteiger partial charge < -0.3 is 14.8 Å². The van der Waals surface area contributed by atoms with Crippen molar-refractivity contribution in [2.24, 2.45) is 40.4 Å². The Labute approximate surface area is 240 Å². The van der Waals surface area contributed by atoms with Gasteiger partial charge >= 0.3 is 11.9 Å². The first-order valence-electron chi connectivity index (χ1n) is 15.6. The third-order valence-corrected chi connectivity index (χ3v) is 11.4. The molecule has 7 heteroatoms. The summed E-state index contributed by atoms with van der Waals surface area (Å²) in [7, 11) is 0. The molecule has 0 heterocycles. The Morgan fingerprint density at radius 1 is 1.07 bits per heavy atom. The molecular weight excluding hydrogens is 506 g/mol. The van der Waals surface area contributed by atoms with Gasteiger partial charge in [0.1, 0.15) is 17.5 Å². The number of ether oxygens (including phenoxy) is 2. The van der Waals surface area contributed by atoms with Crippen LogP contribution in [0.15, 0.2) is 11.6 Å². The van der Waals surface area contributed by atoms with E-state index in [2.05, 4.69) is 32.2 Å². The SMILES string of the molecule is CCC1(OC(=O)CCC(C)CNC(C)=O)CC2C3CC=C4CC(OC(C)=O)CCC4(C)C3CCC2(C)C1C(C)=O. The molecule has 0 saturated heterocycles. The van der Waals surface area contributed by atoms with Crippen LogP contribution >= 0.6 is 0 Å². The molecule has 0 aromatic rings. The van der Waals surface area contributed by atoms with Gasteiger partial charge in [-0.05, 0) is 92.8 Å². The average Bonchev–Trinajstić information content (AvgIpc) is 3.14. The average molecular weight is 558 g/mol. The zero-order valence-corrected chi connectivity index (χ0v) is 25.8. The highest BCUT2D eigenvalue weighted by Gasteiger charge is 2.67. The molecule has 9 atom stereocenters. The number of fused-ring (bicyclic) bond motifs is 5. The first-order chi connectivity index (χ1) is 18.8.